The second-order valence-corrected chi connectivity index (χ2v) is 7.50. The van der Waals surface area contributed by atoms with Crippen LogP contribution in [0, 0.1) is 0 Å². The fraction of sp³-hybridized carbons (Fsp3) is 0.250. The monoisotopic (exact) mass is 416 g/mol. The van der Waals surface area contributed by atoms with Crippen LogP contribution in [0.2, 0.25) is 5.02 Å². The van der Waals surface area contributed by atoms with Crippen LogP contribution < -0.4 is 9.47 Å². The number of fused-ring (bicyclic) bond motifs is 2. The lowest BCUT2D eigenvalue weighted by molar-refractivity contribution is -0.141. The minimum absolute atomic E-state index is 0.110. The summed E-state index contributed by atoms with van der Waals surface area (Å²) in [6.07, 6.45) is 2.45. The molecule has 0 radical (unpaired) electrons. The van der Waals surface area contributed by atoms with Crippen molar-refractivity contribution in [2.45, 2.75) is 18.1 Å². The molecular weight excluding hydrogens is 400 g/mol. The zero-order chi connectivity index (χ0) is 19.3. The number of nitrogens with zero attached hydrogens (tertiary/aromatic N) is 2. The number of rotatable bonds is 5. The van der Waals surface area contributed by atoms with Crippen molar-refractivity contribution in [1.29, 1.82) is 0 Å². The van der Waals surface area contributed by atoms with E-state index in [0.717, 1.165) is 23.0 Å². The fourth-order valence-electron chi connectivity index (χ4n) is 2.72. The van der Waals surface area contributed by atoms with Crippen molar-refractivity contribution in [1.82, 2.24) is 9.97 Å². The Bertz CT molecular complexity index is 1010. The van der Waals surface area contributed by atoms with Crippen LogP contribution in [0.25, 0.3) is 11.0 Å². The molecule has 1 aromatic heterocycles. The lowest BCUT2D eigenvalue weighted by Gasteiger charge is -2.12. The number of ether oxygens (including phenoxy) is 3. The number of hydrogen-bond acceptors (Lipinski definition) is 7. The van der Waals surface area contributed by atoms with E-state index in [9.17, 15) is 4.79 Å². The Hall–Kier alpha value is -2.51. The van der Waals surface area contributed by atoms with Gasteiger partial charge in [-0.3, -0.25) is 9.78 Å². The van der Waals surface area contributed by atoms with E-state index in [1.54, 1.807) is 18.3 Å². The van der Waals surface area contributed by atoms with Gasteiger partial charge in [0.25, 0.3) is 0 Å². The molecule has 0 spiro atoms. The first-order valence-corrected chi connectivity index (χ1v) is 10.1. The number of carbonyl (C=O) groups is 1. The first-order valence-electron chi connectivity index (χ1n) is 8.77. The quantitative estimate of drug-likeness (QED) is 0.454. The number of benzene rings is 2. The molecule has 2 aromatic carbocycles. The summed E-state index contributed by atoms with van der Waals surface area (Å²) in [6.45, 7) is 1.24. The molecule has 8 heteroatoms. The van der Waals surface area contributed by atoms with Gasteiger partial charge in [-0.2, -0.15) is 0 Å². The molecule has 0 unspecified atom stereocenters. The topological polar surface area (TPSA) is 70.5 Å². The van der Waals surface area contributed by atoms with Crippen LogP contribution in [0.3, 0.4) is 0 Å². The molecule has 0 N–H and O–H groups in total. The van der Waals surface area contributed by atoms with Crippen molar-refractivity contribution in [3.8, 4) is 11.5 Å². The van der Waals surface area contributed by atoms with Gasteiger partial charge in [-0.1, -0.05) is 35.5 Å². The molecule has 0 aliphatic carbocycles. The molecule has 0 amide bonds. The molecule has 3 aromatic rings. The summed E-state index contributed by atoms with van der Waals surface area (Å²) < 4.78 is 16.6. The number of para-hydroxylation sites is 2. The molecule has 0 saturated heterocycles. The Morgan fingerprint density at radius 1 is 1.18 bits per heavy atom. The van der Waals surface area contributed by atoms with Gasteiger partial charge in [0.1, 0.15) is 11.6 Å². The van der Waals surface area contributed by atoms with Crippen LogP contribution in [-0.2, 0) is 16.1 Å². The Kier molecular flexibility index (Phi) is 5.83. The lowest BCUT2D eigenvalue weighted by atomic mass is 10.2. The first-order chi connectivity index (χ1) is 13.7. The van der Waals surface area contributed by atoms with E-state index < -0.39 is 0 Å². The molecule has 0 atom stereocenters. The zero-order valence-corrected chi connectivity index (χ0v) is 16.5. The first kappa shape index (κ1) is 18.8. The van der Waals surface area contributed by atoms with Gasteiger partial charge in [0.15, 0.2) is 11.5 Å². The zero-order valence-electron chi connectivity index (χ0n) is 14.9. The van der Waals surface area contributed by atoms with Gasteiger partial charge in [-0.05, 0) is 29.8 Å². The van der Waals surface area contributed by atoms with E-state index in [0.29, 0.717) is 34.8 Å². The standard InChI is InChI=1S/C20H17ClN2O4S/c21-14-8-13(9-17-20(14)26-7-3-6-25-17)11-27-19(24)12-28-18-10-22-15-4-1-2-5-16(15)23-18/h1-2,4-5,8-10H,3,6-7,11-12H2. The predicted molar refractivity (Wildman–Crippen MR) is 107 cm³/mol. The van der Waals surface area contributed by atoms with Gasteiger partial charge in [-0.25, -0.2) is 4.98 Å². The highest BCUT2D eigenvalue weighted by molar-refractivity contribution is 7.99. The van der Waals surface area contributed by atoms with Gasteiger partial charge in [0.2, 0.25) is 0 Å². The summed E-state index contributed by atoms with van der Waals surface area (Å²) in [4.78, 5) is 20.9. The molecule has 0 bridgehead atoms. The number of hydrogen-bond donors (Lipinski definition) is 0. The van der Waals surface area contributed by atoms with E-state index in [-0.39, 0.29) is 18.3 Å². The van der Waals surface area contributed by atoms with Crippen molar-refractivity contribution < 1.29 is 19.0 Å². The fourth-order valence-corrected chi connectivity index (χ4v) is 3.64. The van der Waals surface area contributed by atoms with Crippen LogP contribution in [0.4, 0.5) is 0 Å². The van der Waals surface area contributed by atoms with Crippen LogP contribution >= 0.6 is 23.4 Å². The van der Waals surface area contributed by atoms with E-state index in [1.807, 2.05) is 24.3 Å². The molecular formula is C20H17ClN2O4S. The minimum atomic E-state index is -0.344. The Balaban J connectivity index is 1.34. The molecule has 1 aliphatic rings. The number of aromatic nitrogens is 2. The molecule has 144 valence electrons. The van der Waals surface area contributed by atoms with Crippen LogP contribution in [0.1, 0.15) is 12.0 Å². The van der Waals surface area contributed by atoms with Gasteiger partial charge >= 0.3 is 5.97 Å². The summed E-state index contributed by atoms with van der Waals surface area (Å²) in [5.41, 5.74) is 2.36. The maximum absolute atomic E-state index is 12.1. The Morgan fingerprint density at radius 2 is 2.00 bits per heavy atom. The van der Waals surface area contributed by atoms with Crippen molar-refractivity contribution in [3.63, 3.8) is 0 Å². The second kappa shape index (κ2) is 8.67. The average molecular weight is 417 g/mol. The Morgan fingerprint density at radius 3 is 2.89 bits per heavy atom. The third-order valence-corrected chi connectivity index (χ3v) is 5.18. The highest BCUT2D eigenvalue weighted by atomic mass is 35.5. The maximum atomic E-state index is 12.1. The molecule has 6 nitrogen and oxygen atoms in total. The molecule has 0 saturated carbocycles. The molecule has 4 rings (SSSR count). The summed E-state index contributed by atoms with van der Waals surface area (Å²) in [7, 11) is 0. The highest BCUT2D eigenvalue weighted by Gasteiger charge is 2.16. The summed E-state index contributed by atoms with van der Waals surface area (Å²) >= 11 is 7.55. The normalized spacial score (nSPS) is 13.2. The maximum Gasteiger partial charge on any atom is 0.316 e. The summed E-state index contributed by atoms with van der Waals surface area (Å²) in [6, 6.07) is 11.1. The van der Waals surface area contributed by atoms with E-state index in [2.05, 4.69) is 9.97 Å². The van der Waals surface area contributed by atoms with Gasteiger partial charge < -0.3 is 14.2 Å². The van der Waals surface area contributed by atoms with Crippen molar-refractivity contribution >= 4 is 40.4 Å². The summed E-state index contributed by atoms with van der Waals surface area (Å²) in [5.74, 6) is 0.922. The minimum Gasteiger partial charge on any atom is -0.489 e. The van der Waals surface area contributed by atoms with Gasteiger partial charge in [0, 0.05) is 6.42 Å². The number of thioether (sulfide) groups is 1. The molecule has 1 aliphatic heterocycles. The van der Waals surface area contributed by atoms with E-state index >= 15 is 0 Å². The van der Waals surface area contributed by atoms with E-state index in [4.69, 9.17) is 25.8 Å². The Labute approximate surface area is 171 Å². The third kappa shape index (κ3) is 4.48. The van der Waals surface area contributed by atoms with Gasteiger partial charge in [-0.15, -0.1) is 0 Å². The van der Waals surface area contributed by atoms with Crippen molar-refractivity contribution in [2.75, 3.05) is 19.0 Å². The predicted octanol–water partition coefficient (Wildman–Crippen LogP) is 4.28. The van der Waals surface area contributed by atoms with Crippen LogP contribution in [0.15, 0.2) is 47.6 Å². The number of halogens is 1. The average Bonchev–Trinajstić information content (AvgIpc) is 2.96. The van der Waals surface area contributed by atoms with Crippen LogP contribution in [0.5, 0.6) is 11.5 Å². The second-order valence-electron chi connectivity index (χ2n) is 6.10. The molecule has 2 heterocycles. The summed E-state index contributed by atoms with van der Waals surface area (Å²) in [5, 5.41) is 1.13. The highest BCUT2D eigenvalue weighted by Crippen LogP contribution is 2.38. The molecule has 0 fully saturated rings. The number of carbonyl (C=O) groups excluding carboxylic acids is 1. The smallest absolute Gasteiger partial charge is 0.316 e. The van der Waals surface area contributed by atoms with Crippen molar-refractivity contribution in [3.05, 3.63) is 53.2 Å². The molecule has 28 heavy (non-hydrogen) atoms. The largest absolute Gasteiger partial charge is 0.489 e. The number of esters is 1. The van der Waals surface area contributed by atoms with Crippen LogP contribution in [-0.4, -0.2) is 34.9 Å². The lowest BCUT2D eigenvalue weighted by Crippen LogP contribution is -2.08. The van der Waals surface area contributed by atoms with E-state index in [1.165, 1.54) is 11.8 Å². The third-order valence-electron chi connectivity index (χ3n) is 4.03. The van der Waals surface area contributed by atoms with Crippen molar-refractivity contribution in [2.24, 2.45) is 0 Å². The van der Waals surface area contributed by atoms with Gasteiger partial charge in [0.05, 0.1) is 41.2 Å². The SMILES string of the molecule is O=C(CSc1cnc2ccccc2n1)OCc1cc(Cl)c2c(c1)OCCCO2.